The standard InChI is InChI=1S/C21H23NO2/c23-19-6-2-3-16-17(19)4-1-5-18(16)22-20(24)21-10-13-7-14(11-21)9-15(8-13)12-21/h1-6,13-15,23H,7-12H2,(H,22,24). The monoisotopic (exact) mass is 321 g/mol. The third kappa shape index (κ3) is 2.07. The molecule has 4 bridgehead atoms. The van der Waals surface area contributed by atoms with E-state index >= 15 is 0 Å². The van der Waals surface area contributed by atoms with E-state index in [4.69, 9.17) is 0 Å². The molecule has 0 heterocycles. The number of hydrogen-bond acceptors (Lipinski definition) is 2. The molecule has 6 rings (SSSR count). The Morgan fingerprint density at radius 1 is 0.917 bits per heavy atom. The van der Waals surface area contributed by atoms with Gasteiger partial charge in [0.15, 0.2) is 0 Å². The van der Waals surface area contributed by atoms with E-state index in [0.29, 0.717) is 0 Å². The summed E-state index contributed by atoms with van der Waals surface area (Å²) in [5, 5.41) is 15.0. The van der Waals surface area contributed by atoms with Crippen molar-refractivity contribution in [3.8, 4) is 5.75 Å². The molecular weight excluding hydrogens is 298 g/mol. The second-order valence-corrected chi connectivity index (χ2v) is 8.33. The summed E-state index contributed by atoms with van der Waals surface area (Å²) < 4.78 is 0. The maximum Gasteiger partial charge on any atom is 0.230 e. The fourth-order valence-corrected chi connectivity index (χ4v) is 6.05. The normalized spacial score (nSPS) is 33.8. The van der Waals surface area contributed by atoms with Crippen molar-refractivity contribution in [3.63, 3.8) is 0 Å². The number of anilines is 1. The molecule has 1 amide bonds. The lowest BCUT2D eigenvalue weighted by molar-refractivity contribution is -0.140. The predicted octanol–water partition coefficient (Wildman–Crippen LogP) is 4.70. The molecule has 0 aromatic heterocycles. The third-order valence-corrected chi connectivity index (χ3v) is 6.67. The molecule has 0 radical (unpaired) electrons. The van der Waals surface area contributed by atoms with Crippen LogP contribution in [0.2, 0.25) is 0 Å². The summed E-state index contributed by atoms with van der Waals surface area (Å²) in [6, 6.07) is 11.2. The van der Waals surface area contributed by atoms with Crippen LogP contribution in [0.1, 0.15) is 38.5 Å². The fourth-order valence-electron chi connectivity index (χ4n) is 6.05. The Hall–Kier alpha value is -2.03. The number of rotatable bonds is 2. The van der Waals surface area contributed by atoms with Crippen LogP contribution in [-0.4, -0.2) is 11.0 Å². The van der Waals surface area contributed by atoms with Crippen LogP contribution in [0.3, 0.4) is 0 Å². The predicted molar refractivity (Wildman–Crippen MR) is 94.8 cm³/mol. The molecule has 24 heavy (non-hydrogen) atoms. The minimum atomic E-state index is -0.145. The first-order valence-electron chi connectivity index (χ1n) is 9.15. The summed E-state index contributed by atoms with van der Waals surface area (Å²) in [7, 11) is 0. The first-order chi connectivity index (χ1) is 11.6. The number of aromatic hydroxyl groups is 1. The van der Waals surface area contributed by atoms with Gasteiger partial charge in [-0.05, 0) is 68.4 Å². The molecule has 2 aromatic rings. The average Bonchev–Trinajstić information content (AvgIpc) is 2.54. The summed E-state index contributed by atoms with van der Waals surface area (Å²) in [5.41, 5.74) is 0.678. The third-order valence-electron chi connectivity index (χ3n) is 6.67. The van der Waals surface area contributed by atoms with E-state index in [1.807, 2.05) is 30.3 Å². The van der Waals surface area contributed by atoms with Crippen molar-refractivity contribution in [2.45, 2.75) is 38.5 Å². The molecule has 3 heteroatoms. The van der Waals surface area contributed by atoms with E-state index in [0.717, 1.165) is 53.5 Å². The molecule has 3 nitrogen and oxygen atoms in total. The van der Waals surface area contributed by atoms with Crippen LogP contribution in [0.4, 0.5) is 5.69 Å². The molecule has 2 N–H and O–H groups in total. The first-order valence-corrected chi connectivity index (χ1v) is 9.15. The molecule has 2 aromatic carbocycles. The van der Waals surface area contributed by atoms with Gasteiger partial charge in [-0.1, -0.05) is 24.3 Å². The number of phenolic OH excluding ortho intramolecular Hbond substituents is 1. The highest BCUT2D eigenvalue weighted by molar-refractivity contribution is 6.05. The van der Waals surface area contributed by atoms with Crippen molar-refractivity contribution in [3.05, 3.63) is 36.4 Å². The van der Waals surface area contributed by atoms with Crippen LogP contribution >= 0.6 is 0 Å². The zero-order valence-corrected chi connectivity index (χ0v) is 13.8. The summed E-state index contributed by atoms with van der Waals surface area (Å²) in [5.74, 6) is 2.76. The average molecular weight is 321 g/mol. The van der Waals surface area contributed by atoms with Gasteiger partial charge in [-0.2, -0.15) is 0 Å². The molecule has 0 atom stereocenters. The lowest BCUT2D eigenvalue weighted by Crippen LogP contribution is -2.51. The summed E-state index contributed by atoms with van der Waals surface area (Å²) >= 11 is 0. The fraction of sp³-hybridized carbons (Fsp3) is 0.476. The lowest BCUT2D eigenvalue weighted by atomic mass is 9.49. The molecular formula is C21H23NO2. The van der Waals surface area contributed by atoms with Crippen LogP contribution < -0.4 is 5.32 Å². The van der Waals surface area contributed by atoms with Gasteiger partial charge in [-0.15, -0.1) is 0 Å². The number of amides is 1. The quantitative estimate of drug-likeness (QED) is 0.842. The highest BCUT2D eigenvalue weighted by atomic mass is 16.3. The van der Waals surface area contributed by atoms with Crippen molar-refractivity contribution >= 4 is 22.4 Å². The van der Waals surface area contributed by atoms with Crippen LogP contribution in [-0.2, 0) is 4.79 Å². The largest absolute Gasteiger partial charge is 0.507 e. The van der Waals surface area contributed by atoms with Gasteiger partial charge in [0.25, 0.3) is 0 Å². The van der Waals surface area contributed by atoms with Crippen LogP contribution in [0.5, 0.6) is 5.75 Å². The number of phenols is 1. The Bertz CT molecular complexity index is 790. The van der Waals surface area contributed by atoms with E-state index in [1.54, 1.807) is 6.07 Å². The molecule has 4 saturated carbocycles. The summed E-state index contributed by atoms with van der Waals surface area (Å²) in [6.07, 6.45) is 7.24. The molecule has 4 aliphatic rings. The number of carbonyl (C=O) groups excluding carboxylic acids is 1. The van der Waals surface area contributed by atoms with Gasteiger partial charge < -0.3 is 10.4 Å². The first kappa shape index (κ1) is 14.3. The van der Waals surface area contributed by atoms with E-state index in [9.17, 15) is 9.90 Å². The van der Waals surface area contributed by atoms with Crippen molar-refractivity contribution in [1.82, 2.24) is 0 Å². The maximum atomic E-state index is 13.2. The van der Waals surface area contributed by atoms with Crippen molar-refractivity contribution in [2.24, 2.45) is 23.2 Å². The highest BCUT2D eigenvalue weighted by Gasteiger charge is 2.54. The number of benzene rings is 2. The smallest absolute Gasteiger partial charge is 0.230 e. The number of hydrogen-bond donors (Lipinski definition) is 2. The van der Waals surface area contributed by atoms with E-state index in [1.165, 1.54) is 19.3 Å². The second-order valence-electron chi connectivity index (χ2n) is 8.33. The van der Waals surface area contributed by atoms with E-state index in [-0.39, 0.29) is 17.1 Å². The number of carbonyl (C=O) groups is 1. The zero-order valence-electron chi connectivity index (χ0n) is 13.8. The Morgan fingerprint density at radius 3 is 2.17 bits per heavy atom. The molecule has 124 valence electrons. The Morgan fingerprint density at radius 2 is 1.50 bits per heavy atom. The minimum Gasteiger partial charge on any atom is -0.507 e. The zero-order chi connectivity index (χ0) is 16.3. The highest BCUT2D eigenvalue weighted by Crippen LogP contribution is 2.60. The van der Waals surface area contributed by atoms with Gasteiger partial charge in [-0.3, -0.25) is 4.79 Å². The van der Waals surface area contributed by atoms with Gasteiger partial charge in [0.1, 0.15) is 5.75 Å². The van der Waals surface area contributed by atoms with Crippen LogP contribution in [0.15, 0.2) is 36.4 Å². The summed E-state index contributed by atoms with van der Waals surface area (Å²) in [4.78, 5) is 13.2. The molecule has 4 aliphatic carbocycles. The van der Waals surface area contributed by atoms with E-state index in [2.05, 4.69) is 5.32 Å². The summed E-state index contributed by atoms with van der Waals surface area (Å²) in [6.45, 7) is 0. The second kappa shape index (κ2) is 4.98. The molecule has 0 spiro atoms. The van der Waals surface area contributed by atoms with Gasteiger partial charge in [-0.25, -0.2) is 0 Å². The maximum absolute atomic E-state index is 13.2. The number of nitrogens with one attached hydrogen (secondary N) is 1. The van der Waals surface area contributed by atoms with Crippen molar-refractivity contribution in [1.29, 1.82) is 0 Å². The van der Waals surface area contributed by atoms with Gasteiger partial charge in [0.05, 0.1) is 5.41 Å². The Labute approximate surface area is 142 Å². The lowest BCUT2D eigenvalue weighted by Gasteiger charge is -2.55. The molecule has 4 fully saturated rings. The topological polar surface area (TPSA) is 49.3 Å². The molecule has 0 saturated heterocycles. The Kier molecular flexibility index (Phi) is 2.97. The van der Waals surface area contributed by atoms with Crippen molar-refractivity contribution < 1.29 is 9.90 Å². The van der Waals surface area contributed by atoms with E-state index < -0.39 is 0 Å². The van der Waals surface area contributed by atoms with Gasteiger partial charge in [0, 0.05) is 16.5 Å². The van der Waals surface area contributed by atoms with Gasteiger partial charge in [0.2, 0.25) is 5.91 Å². The Balaban J connectivity index is 1.48. The number of fused-ring (bicyclic) bond motifs is 1. The van der Waals surface area contributed by atoms with Crippen LogP contribution in [0, 0.1) is 23.2 Å². The minimum absolute atomic E-state index is 0.145. The van der Waals surface area contributed by atoms with Gasteiger partial charge >= 0.3 is 0 Å². The molecule has 0 unspecified atom stereocenters. The SMILES string of the molecule is O=C(Nc1cccc2c(O)cccc12)C12CC3CC(CC(C3)C1)C2. The van der Waals surface area contributed by atoms with Crippen LogP contribution in [0.25, 0.3) is 10.8 Å². The van der Waals surface area contributed by atoms with Crippen molar-refractivity contribution in [2.75, 3.05) is 5.32 Å². The molecule has 0 aliphatic heterocycles.